The first-order valence-corrected chi connectivity index (χ1v) is 10.9. The predicted molar refractivity (Wildman–Crippen MR) is 117 cm³/mol. The average molecular weight is 526 g/mol. The van der Waals surface area contributed by atoms with Crippen molar-refractivity contribution in [3.8, 4) is 11.5 Å². The van der Waals surface area contributed by atoms with E-state index in [4.69, 9.17) is 14.2 Å². The lowest BCUT2D eigenvalue weighted by Gasteiger charge is -2.12. The number of carbonyl (C=O) groups excluding carboxylic acids is 1. The molecule has 0 spiro atoms. The maximum absolute atomic E-state index is 11.6. The van der Waals surface area contributed by atoms with Crippen LogP contribution in [0.1, 0.15) is 20.1 Å². The summed E-state index contributed by atoms with van der Waals surface area (Å²) in [7, 11) is 1.38. The molecule has 0 bridgehead atoms. The van der Waals surface area contributed by atoms with Gasteiger partial charge in [0.05, 0.1) is 13.7 Å². The molecule has 1 heterocycles. The van der Waals surface area contributed by atoms with Crippen LogP contribution in [0.2, 0.25) is 0 Å². The first kappa shape index (κ1) is 20.9. The van der Waals surface area contributed by atoms with Crippen molar-refractivity contribution >= 4 is 49.2 Å². The molecule has 28 heavy (non-hydrogen) atoms. The highest BCUT2D eigenvalue weighted by atomic mass is 79.9. The van der Waals surface area contributed by atoms with Gasteiger partial charge in [0.1, 0.15) is 27.5 Å². The minimum atomic E-state index is -0.330. The molecule has 0 aliphatic heterocycles. The first-order valence-electron chi connectivity index (χ1n) is 8.53. The van der Waals surface area contributed by atoms with Gasteiger partial charge in [-0.1, -0.05) is 36.4 Å². The Bertz CT molecular complexity index is 941. The molecule has 0 atom stereocenters. The van der Waals surface area contributed by atoms with Crippen molar-refractivity contribution in [1.29, 1.82) is 0 Å². The van der Waals surface area contributed by atoms with E-state index in [9.17, 15) is 4.79 Å². The number of thiophene rings is 1. The second-order valence-corrected chi connectivity index (χ2v) is 8.60. The topological polar surface area (TPSA) is 44.8 Å². The standard InChI is InChI=1S/C21H18Br2O4S/c1-25-21(24)19-12-15(22)18(28-19)10-11-26-16-8-5-9-17(20(16)23)27-13-14-6-3-2-4-7-14/h2-9,12H,10-11,13H2,1H3. The van der Waals surface area contributed by atoms with E-state index in [0.717, 1.165) is 25.1 Å². The summed E-state index contributed by atoms with van der Waals surface area (Å²) in [5, 5.41) is 0. The summed E-state index contributed by atoms with van der Waals surface area (Å²) < 4.78 is 18.3. The Morgan fingerprint density at radius 2 is 1.71 bits per heavy atom. The van der Waals surface area contributed by atoms with Gasteiger partial charge in [0.15, 0.2) is 0 Å². The molecule has 3 rings (SSSR count). The second-order valence-electron chi connectivity index (χ2n) is 5.81. The third kappa shape index (κ3) is 5.37. The maximum atomic E-state index is 11.6. The molecule has 0 radical (unpaired) electrons. The van der Waals surface area contributed by atoms with Gasteiger partial charge in [0.25, 0.3) is 0 Å². The molecule has 1 aromatic heterocycles. The number of rotatable bonds is 8. The SMILES string of the molecule is COC(=O)c1cc(Br)c(CCOc2cccc(OCc3ccccc3)c2Br)s1. The Labute approximate surface area is 184 Å². The monoisotopic (exact) mass is 524 g/mol. The van der Waals surface area contributed by atoms with Gasteiger partial charge in [-0.05, 0) is 55.6 Å². The zero-order chi connectivity index (χ0) is 19.9. The highest BCUT2D eigenvalue weighted by Gasteiger charge is 2.14. The van der Waals surface area contributed by atoms with Crippen LogP contribution in [-0.4, -0.2) is 19.7 Å². The van der Waals surface area contributed by atoms with Gasteiger partial charge in [-0.25, -0.2) is 4.79 Å². The van der Waals surface area contributed by atoms with E-state index < -0.39 is 0 Å². The Morgan fingerprint density at radius 3 is 2.43 bits per heavy atom. The molecule has 0 N–H and O–H groups in total. The number of benzene rings is 2. The van der Waals surface area contributed by atoms with Crippen molar-refractivity contribution in [1.82, 2.24) is 0 Å². The molecular formula is C21H18Br2O4S. The molecule has 0 unspecified atom stereocenters. The minimum absolute atomic E-state index is 0.330. The fourth-order valence-corrected chi connectivity index (χ4v) is 4.75. The molecule has 0 aliphatic carbocycles. The third-order valence-electron chi connectivity index (χ3n) is 3.90. The lowest BCUT2D eigenvalue weighted by molar-refractivity contribution is 0.0606. The van der Waals surface area contributed by atoms with E-state index >= 15 is 0 Å². The van der Waals surface area contributed by atoms with E-state index in [1.165, 1.54) is 18.4 Å². The minimum Gasteiger partial charge on any atom is -0.492 e. The fraction of sp³-hybridized carbons (Fsp3) is 0.190. The summed E-state index contributed by atoms with van der Waals surface area (Å²) in [5.41, 5.74) is 1.10. The molecule has 2 aromatic carbocycles. The molecule has 0 saturated heterocycles. The number of halogens is 2. The molecule has 7 heteroatoms. The highest BCUT2D eigenvalue weighted by molar-refractivity contribution is 9.11. The van der Waals surface area contributed by atoms with E-state index in [-0.39, 0.29) is 5.97 Å². The molecule has 3 aromatic rings. The number of carbonyl (C=O) groups is 1. The van der Waals surface area contributed by atoms with Crippen molar-refractivity contribution in [2.45, 2.75) is 13.0 Å². The van der Waals surface area contributed by atoms with Crippen molar-refractivity contribution in [3.63, 3.8) is 0 Å². The summed E-state index contributed by atoms with van der Waals surface area (Å²) in [6.45, 7) is 0.960. The lowest BCUT2D eigenvalue weighted by atomic mass is 10.2. The molecule has 0 fully saturated rings. The first-order chi connectivity index (χ1) is 13.6. The second kappa shape index (κ2) is 10.1. The third-order valence-corrected chi connectivity index (χ3v) is 6.82. The number of hydrogen-bond donors (Lipinski definition) is 0. The smallest absolute Gasteiger partial charge is 0.348 e. The quantitative estimate of drug-likeness (QED) is 0.325. The Balaban J connectivity index is 1.59. The number of hydrogen-bond acceptors (Lipinski definition) is 5. The van der Waals surface area contributed by atoms with Gasteiger partial charge in [-0.15, -0.1) is 11.3 Å². The molecular weight excluding hydrogens is 508 g/mol. The Hall–Kier alpha value is -1.83. The van der Waals surface area contributed by atoms with Crippen molar-refractivity contribution < 1.29 is 19.0 Å². The fourth-order valence-electron chi connectivity index (χ4n) is 2.48. The summed E-state index contributed by atoms with van der Waals surface area (Å²) in [6, 6.07) is 17.5. The zero-order valence-corrected chi connectivity index (χ0v) is 19.1. The van der Waals surface area contributed by atoms with Gasteiger partial charge in [0.2, 0.25) is 0 Å². The number of ether oxygens (including phenoxy) is 3. The predicted octanol–water partition coefficient (Wildman–Crippen LogP) is 6.26. The largest absolute Gasteiger partial charge is 0.492 e. The van der Waals surface area contributed by atoms with Gasteiger partial charge >= 0.3 is 5.97 Å². The van der Waals surface area contributed by atoms with Gasteiger partial charge in [0, 0.05) is 15.8 Å². The average Bonchev–Trinajstić information content (AvgIpc) is 3.09. The molecule has 146 valence electrons. The molecule has 4 nitrogen and oxygen atoms in total. The Morgan fingerprint density at radius 1 is 1.00 bits per heavy atom. The lowest BCUT2D eigenvalue weighted by Crippen LogP contribution is -2.02. The molecule has 0 aliphatic rings. The van der Waals surface area contributed by atoms with Crippen LogP contribution in [0, 0.1) is 0 Å². The zero-order valence-electron chi connectivity index (χ0n) is 15.1. The Kier molecular flexibility index (Phi) is 7.53. The van der Waals surface area contributed by atoms with Gasteiger partial charge in [-0.2, -0.15) is 0 Å². The molecule has 0 saturated carbocycles. The van der Waals surface area contributed by atoms with Crippen LogP contribution in [0.3, 0.4) is 0 Å². The van der Waals surface area contributed by atoms with Crippen LogP contribution < -0.4 is 9.47 Å². The van der Waals surface area contributed by atoms with Crippen LogP contribution in [0.25, 0.3) is 0 Å². The van der Waals surface area contributed by atoms with E-state index in [2.05, 4.69) is 31.9 Å². The van der Waals surface area contributed by atoms with Gasteiger partial charge < -0.3 is 14.2 Å². The normalized spacial score (nSPS) is 10.5. The van der Waals surface area contributed by atoms with Crippen LogP contribution in [-0.2, 0) is 17.8 Å². The summed E-state index contributed by atoms with van der Waals surface area (Å²) in [5.74, 6) is 1.11. The van der Waals surface area contributed by atoms with Crippen LogP contribution in [0.5, 0.6) is 11.5 Å². The highest BCUT2D eigenvalue weighted by Crippen LogP contribution is 2.35. The maximum Gasteiger partial charge on any atom is 0.348 e. The van der Waals surface area contributed by atoms with Crippen molar-refractivity contribution in [3.05, 3.63) is 78.9 Å². The van der Waals surface area contributed by atoms with Crippen LogP contribution >= 0.6 is 43.2 Å². The molecule has 0 amide bonds. The van der Waals surface area contributed by atoms with Crippen LogP contribution in [0.15, 0.2) is 63.5 Å². The number of methoxy groups -OCH3 is 1. The van der Waals surface area contributed by atoms with Crippen molar-refractivity contribution in [2.75, 3.05) is 13.7 Å². The summed E-state index contributed by atoms with van der Waals surface area (Å²) >= 11 is 8.46. The van der Waals surface area contributed by atoms with E-state index in [1.54, 1.807) is 6.07 Å². The van der Waals surface area contributed by atoms with Crippen molar-refractivity contribution in [2.24, 2.45) is 0 Å². The van der Waals surface area contributed by atoms with Crippen LogP contribution in [0.4, 0.5) is 0 Å². The van der Waals surface area contributed by atoms with E-state index in [1.807, 2.05) is 48.5 Å². The van der Waals surface area contributed by atoms with Gasteiger partial charge in [-0.3, -0.25) is 0 Å². The summed E-state index contributed by atoms with van der Waals surface area (Å²) in [4.78, 5) is 13.2. The van der Waals surface area contributed by atoms with E-state index in [0.29, 0.717) is 30.3 Å². The summed E-state index contributed by atoms with van der Waals surface area (Å²) in [6.07, 6.45) is 0.670. The number of esters is 1.